The van der Waals surface area contributed by atoms with Crippen molar-refractivity contribution in [2.24, 2.45) is 0 Å². The highest BCUT2D eigenvalue weighted by atomic mass is 19.1. The van der Waals surface area contributed by atoms with Crippen LogP contribution in [0.15, 0.2) is 54.6 Å². The van der Waals surface area contributed by atoms with Crippen molar-refractivity contribution < 1.29 is 9.18 Å². The molecule has 2 heterocycles. The molecular formula is C21H22FN5O. The molecule has 0 radical (unpaired) electrons. The fourth-order valence-corrected chi connectivity index (χ4v) is 3.31. The standard InChI is InChI=1S/C21H22FN5O/c1-26-11-10-23-20-19(21(26)28)27(14-15-6-3-2-4-7-15)18(25-20)13-24-17-9-5-8-16(22)12-17/h2-9,12,23-24H,10-11,13-14H2,1H3. The normalized spacial score (nSPS) is 13.6. The molecule has 0 spiro atoms. The van der Waals surface area contributed by atoms with Gasteiger partial charge in [0.15, 0.2) is 11.5 Å². The van der Waals surface area contributed by atoms with Gasteiger partial charge >= 0.3 is 0 Å². The largest absolute Gasteiger partial charge is 0.378 e. The molecule has 2 N–H and O–H groups in total. The minimum absolute atomic E-state index is 0.0552. The maximum Gasteiger partial charge on any atom is 0.274 e. The van der Waals surface area contributed by atoms with E-state index in [9.17, 15) is 9.18 Å². The van der Waals surface area contributed by atoms with Crippen LogP contribution in [0.1, 0.15) is 21.9 Å². The fraction of sp³-hybridized carbons (Fsp3) is 0.238. The van der Waals surface area contributed by atoms with Crippen LogP contribution >= 0.6 is 0 Å². The summed E-state index contributed by atoms with van der Waals surface area (Å²) in [7, 11) is 1.80. The maximum atomic E-state index is 13.5. The Morgan fingerprint density at radius 1 is 1.18 bits per heavy atom. The molecule has 0 atom stereocenters. The second-order valence-electron chi connectivity index (χ2n) is 6.81. The van der Waals surface area contributed by atoms with Gasteiger partial charge in [0.2, 0.25) is 0 Å². The molecule has 0 bridgehead atoms. The van der Waals surface area contributed by atoms with Gasteiger partial charge in [0.05, 0.1) is 6.54 Å². The third-order valence-electron chi connectivity index (χ3n) is 4.79. The smallest absolute Gasteiger partial charge is 0.274 e. The lowest BCUT2D eigenvalue weighted by atomic mass is 10.2. The van der Waals surface area contributed by atoms with E-state index < -0.39 is 0 Å². The van der Waals surface area contributed by atoms with E-state index in [-0.39, 0.29) is 11.7 Å². The summed E-state index contributed by atoms with van der Waals surface area (Å²) in [5, 5.41) is 6.46. The number of rotatable bonds is 5. The van der Waals surface area contributed by atoms with Crippen molar-refractivity contribution >= 4 is 17.4 Å². The number of likely N-dealkylation sites (N-methyl/N-ethyl adjacent to an activating group) is 1. The summed E-state index contributed by atoms with van der Waals surface area (Å²) in [6.07, 6.45) is 0. The lowest BCUT2D eigenvalue weighted by Gasteiger charge is -2.17. The number of imidazole rings is 1. The van der Waals surface area contributed by atoms with E-state index >= 15 is 0 Å². The van der Waals surface area contributed by atoms with E-state index in [1.165, 1.54) is 12.1 Å². The third kappa shape index (κ3) is 3.69. The van der Waals surface area contributed by atoms with Crippen molar-refractivity contribution in [1.82, 2.24) is 14.5 Å². The van der Waals surface area contributed by atoms with Gasteiger partial charge in [-0.15, -0.1) is 0 Å². The van der Waals surface area contributed by atoms with Crippen LogP contribution in [0.5, 0.6) is 0 Å². The Bertz CT molecular complexity index is 986. The topological polar surface area (TPSA) is 62.2 Å². The monoisotopic (exact) mass is 379 g/mol. The van der Waals surface area contributed by atoms with Crippen molar-refractivity contribution in [3.05, 3.63) is 77.5 Å². The van der Waals surface area contributed by atoms with Gasteiger partial charge < -0.3 is 20.1 Å². The Morgan fingerprint density at radius 2 is 2.00 bits per heavy atom. The molecule has 28 heavy (non-hydrogen) atoms. The third-order valence-corrected chi connectivity index (χ3v) is 4.79. The number of hydrogen-bond acceptors (Lipinski definition) is 4. The second kappa shape index (κ2) is 7.72. The number of amides is 1. The van der Waals surface area contributed by atoms with Crippen molar-refractivity contribution in [3.63, 3.8) is 0 Å². The first-order valence-corrected chi connectivity index (χ1v) is 9.24. The van der Waals surface area contributed by atoms with E-state index in [1.807, 2.05) is 34.9 Å². The van der Waals surface area contributed by atoms with E-state index in [0.29, 0.717) is 49.2 Å². The van der Waals surface area contributed by atoms with Crippen LogP contribution in [0.3, 0.4) is 0 Å². The SMILES string of the molecule is CN1CCNc2nc(CNc3cccc(F)c3)n(Cc3ccccc3)c2C1=O. The zero-order valence-corrected chi connectivity index (χ0v) is 15.7. The Balaban J connectivity index is 1.69. The molecule has 1 aliphatic heterocycles. The van der Waals surface area contributed by atoms with Crippen molar-refractivity contribution in [3.8, 4) is 0 Å². The van der Waals surface area contributed by atoms with Gasteiger partial charge in [0.1, 0.15) is 11.6 Å². The Labute approximate surface area is 163 Å². The number of fused-ring (bicyclic) bond motifs is 1. The van der Waals surface area contributed by atoms with Crippen LogP contribution in [-0.2, 0) is 13.1 Å². The van der Waals surface area contributed by atoms with Crippen molar-refractivity contribution in [2.45, 2.75) is 13.1 Å². The van der Waals surface area contributed by atoms with Crippen LogP contribution in [0, 0.1) is 5.82 Å². The number of anilines is 2. The number of benzene rings is 2. The minimum atomic E-state index is -0.299. The van der Waals surface area contributed by atoms with Crippen molar-refractivity contribution in [1.29, 1.82) is 0 Å². The number of carbonyl (C=O) groups excluding carboxylic acids is 1. The quantitative estimate of drug-likeness (QED) is 0.715. The van der Waals surface area contributed by atoms with Gasteiger partial charge in [-0.1, -0.05) is 36.4 Å². The molecule has 1 aliphatic rings. The first-order chi connectivity index (χ1) is 13.6. The summed E-state index contributed by atoms with van der Waals surface area (Å²) in [6, 6.07) is 16.3. The molecular weight excluding hydrogens is 357 g/mol. The molecule has 0 unspecified atom stereocenters. The zero-order valence-electron chi connectivity index (χ0n) is 15.7. The van der Waals surface area contributed by atoms with Gasteiger partial charge in [-0.25, -0.2) is 9.37 Å². The molecule has 0 saturated heterocycles. The van der Waals surface area contributed by atoms with Crippen LogP contribution in [0.2, 0.25) is 0 Å². The highest BCUT2D eigenvalue weighted by molar-refractivity contribution is 5.98. The average Bonchev–Trinajstić information content (AvgIpc) is 2.96. The molecule has 4 rings (SSSR count). The number of hydrogen-bond donors (Lipinski definition) is 2. The van der Waals surface area contributed by atoms with E-state index in [2.05, 4.69) is 15.6 Å². The molecule has 1 amide bonds. The number of halogens is 1. The summed E-state index contributed by atoms with van der Waals surface area (Å²) >= 11 is 0. The summed E-state index contributed by atoms with van der Waals surface area (Å²) < 4.78 is 15.4. The number of nitrogens with zero attached hydrogens (tertiary/aromatic N) is 3. The Kier molecular flexibility index (Phi) is 4.97. The summed E-state index contributed by atoms with van der Waals surface area (Å²) in [6.45, 7) is 2.18. The van der Waals surface area contributed by atoms with Gasteiger partial charge in [0, 0.05) is 32.4 Å². The fourth-order valence-electron chi connectivity index (χ4n) is 3.31. The summed E-state index contributed by atoms with van der Waals surface area (Å²) in [5.41, 5.74) is 2.30. The second-order valence-corrected chi connectivity index (χ2v) is 6.81. The van der Waals surface area contributed by atoms with E-state index in [0.717, 1.165) is 5.56 Å². The summed E-state index contributed by atoms with van der Waals surface area (Å²) in [4.78, 5) is 19.3. The highest BCUT2D eigenvalue weighted by Crippen LogP contribution is 2.23. The Morgan fingerprint density at radius 3 is 2.79 bits per heavy atom. The molecule has 0 fully saturated rings. The predicted octanol–water partition coefficient (Wildman–Crippen LogP) is 3.18. The van der Waals surface area contributed by atoms with Gasteiger partial charge in [0.25, 0.3) is 5.91 Å². The molecule has 0 saturated carbocycles. The molecule has 2 aromatic carbocycles. The lowest BCUT2D eigenvalue weighted by molar-refractivity contribution is 0.0795. The molecule has 1 aromatic heterocycles. The van der Waals surface area contributed by atoms with Crippen LogP contribution in [-0.4, -0.2) is 40.5 Å². The zero-order chi connectivity index (χ0) is 19.5. The summed E-state index contributed by atoms with van der Waals surface area (Å²) in [5.74, 6) is 0.961. The number of carbonyl (C=O) groups is 1. The Hall–Kier alpha value is -3.35. The lowest BCUT2D eigenvalue weighted by Crippen LogP contribution is -2.30. The molecule has 7 heteroatoms. The number of nitrogens with one attached hydrogen (secondary N) is 2. The van der Waals surface area contributed by atoms with Gasteiger partial charge in [-0.3, -0.25) is 4.79 Å². The number of aromatic nitrogens is 2. The minimum Gasteiger partial charge on any atom is -0.378 e. The highest BCUT2D eigenvalue weighted by Gasteiger charge is 2.27. The van der Waals surface area contributed by atoms with Crippen LogP contribution in [0.4, 0.5) is 15.9 Å². The first kappa shape index (κ1) is 18.0. The van der Waals surface area contributed by atoms with Gasteiger partial charge in [-0.2, -0.15) is 0 Å². The first-order valence-electron chi connectivity index (χ1n) is 9.24. The molecule has 3 aromatic rings. The molecule has 0 aliphatic carbocycles. The maximum absolute atomic E-state index is 13.5. The van der Waals surface area contributed by atoms with Crippen molar-refractivity contribution in [2.75, 3.05) is 30.8 Å². The average molecular weight is 379 g/mol. The molecule has 144 valence electrons. The van der Waals surface area contributed by atoms with E-state index in [4.69, 9.17) is 0 Å². The van der Waals surface area contributed by atoms with E-state index in [1.54, 1.807) is 24.1 Å². The van der Waals surface area contributed by atoms with Crippen LogP contribution in [0.25, 0.3) is 0 Å². The van der Waals surface area contributed by atoms with Crippen LogP contribution < -0.4 is 10.6 Å². The van der Waals surface area contributed by atoms with Gasteiger partial charge in [-0.05, 0) is 23.8 Å². The molecule has 6 nitrogen and oxygen atoms in total. The predicted molar refractivity (Wildman–Crippen MR) is 107 cm³/mol.